The zero-order valence-corrected chi connectivity index (χ0v) is 11.5. The Morgan fingerprint density at radius 3 is 2.78 bits per heavy atom. The molecule has 98 valence electrons. The van der Waals surface area contributed by atoms with E-state index in [4.69, 9.17) is 33.7 Å². The largest absolute Gasteiger partial charge is 0.397 e. The first-order valence-corrected chi connectivity index (χ1v) is 6.35. The number of rotatable bonds is 2. The summed E-state index contributed by atoms with van der Waals surface area (Å²) < 4.78 is 5.23. The third kappa shape index (κ3) is 2.55. The minimum atomic E-state index is -0.0974. The molecular formula is C12H14Cl2N2O2. The van der Waals surface area contributed by atoms with Crippen molar-refractivity contribution in [1.82, 2.24) is 4.90 Å². The minimum Gasteiger partial charge on any atom is -0.397 e. The Morgan fingerprint density at radius 1 is 1.50 bits per heavy atom. The Bertz CT molecular complexity index is 456. The van der Waals surface area contributed by atoms with Gasteiger partial charge in [-0.05, 0) is 18.6 Å². The summed E-state index contributed by atoms with van der Waals surface area (Å²) in [6.07, 6.45) is 0.952. The topological polar surface area (TPSA) is 55.6 Å². The van der Waals surface area contributed by atoms with E-state index >= 15 is 0 Å². The average Bonchev–Trinajstić information content (AvgIpc) is 2.83. The highest BCUT2D eigenvalue weighted by Crippen LogP contribution is 2.30. The SMILES string of the molecule is COC1CCN(C(=O)c2cc(N)c(Cl)c(Cl)c2)C1. The van der Waals surface area contributed by atoms with Crippen LogP contribution in [0.3, 0.4) is 0 Å². The fraction of sp³-hybridized carbons (Fsp3) is 0.417. The first kappa shape index (κ1) is 13.5. The number of hydrogen-bond donors (Lipinski definition) is 1. The molecule has 1 aromatic rings. The van der Waals surface area contributed by atoms with Crippen molar-refractivity contribution in [3.05, 3.63) is 27.7 Å². The van der Waals surface area contributed by atoms with Gasteiger partial charge in [-0.1, -0.05) is 23.2 Å². The van der Waals surface area contributed by atoms with Gasteiger partial charge in [-0.15, -0.1) is 0 Å². The highest BCUT2D eigenvalue weighted by atomic mass is 35.5. The molecule has 1 unspecified atom stereocenters. The first-order valence-electron chi connectivity index (χ1n) is 5.59. The van der Waals surface area contributed by atoms with Crippen molar-refractivity contribution < 1.29 is 9.53 Å². The lowest BCUT2D eigenvalue weighted by atomic mass is 10.2. The highest BCUT2D eigenvalue weighted by molar-refractivity contribution is 6.43. The summed E-state index contributed by atoms with van der Waals surface area (Å²) in [5.41, 5.74) is 6.47. The number of nitrogens with two attached hydrogens (primary N) is 1. The number of carbonyl (C=O) groups excluding carboxylic acids is 1. The molecule has 1 aromatic carbocycles. The van der Waals surface area contributed by atoms with Crippen LogP contribution in [0.15, 0.2) is 12.1 Å². The Morgan fingerprint density at radius 2 is 2.22 bits per heavy atom. The molecule has 0 bridgehead atoms. The first-order chi connectivity index (χ1) is 8.52. The second-order valence-corrected chi connectivity index (χ2v) is 5.04. The van der Waals surface area contributed by atoms with E-state index in [1.807, 2.05) is 0 Å². The van der Waals surface area contributed by atoms with Gasteiger partial charge in [-0.2, -0.15) is 0 Å². The number of halogens is 2. The number of nitrogen functional groups attached to an aromatic ring is 1. The Labute approximate surface area is 116 Å². The van der Waals surface area contributed by atoms with E-state index in [9.17, 15) is 4.79 Å². The van der Waals surface area contributed by atoms with Gasteiger partial charge in [0, 0.05) is 25.8 Å². The molecule has 2 rings (SSSR count). The molecule has 0 radical (unpaired) electrons. The maximum Gasteiger partial charge on any atom is 0.254 e. The summed E-state index contributed by atoms with van der Waals surface area (Å²) in [6, 6.07) is 3.10. The maximum absolute atomic E-state index is 12.2. The molecule has 0 aromatic heterocycles. The second kappa shape index (κ2) is 5.34. The van der Waals surface area contributed by atoms with Gasteiger partial charge < -0.3 is 15.4 Å². The third-order valence-electron chi connectivity index (χ3n) is 3.07. The predicted molar refractivity (Wildman–Crippen MR) is 72.2 cm³/mol. The molecule has 1 aliphatic heterocycles. The number of methoxy groups -OCH3 is 1. The van der Waals surface area contributed by atoms with Crippen molar-refractivity contribution >= 4 is 34.8 Å². The van der Waals surface area contributed by atoms with Gasteiger partial charge in [0.25, 0.3) is 5.91 Å². The zero-order valence-electron chi connectivity index (χ0n) is 9.95. The minimum absolute atomic E-state index is 0.0974. The number of carbonyl (C=O) groups is 1. The quantitative estimate of drug-likeness (QED) is 0.851. The van der Waals surface area contributed by atoms with Crippen molar-refractivity contribution in [1.29, 1.82) is 0 Å². The lowest BCUT2D eigenvalue weighted by molar-refractivity contribution is 0.0724. The highest BCUT2D eigenvalue weighted by Gasteiger charge is 2.27. The van der Waals surface area contributed by atoms with Gasteiger partial charge in [0.2, 0.25) is 0 Å². The monoisotopic (exact) mass is 288 g/mol. The van der Waals surface area contributed by atoms with Crippen molar-refractivity contribution in [3.63, 3.8) is 0 Å². The zero-order chi connectivity index (χ0) is 13.3. The van der Waals surface area contributed by atoms with Crippen LogP contribution >= 0.6 is 23.2 Å². The fourth-order valence-corrected chi connectivity index (χ4v) is 2.36. The summed E-state index contributed by atoms with van der Waals surface area (Å²) in [5.74, 6) is -0.0974. The number of nitrogens with zero attached hydrogens (tertiary/aromatic N) is 1. The molecule has 1 atom stereocenters. The maximum atomic E-state index is 12.2. The van der Waals surface area contributed by atoms with E-state index in [0.717, 1.165) is 6.42 Å². The van der Waals surface area contributed by atoms with Gasteiger partial charge in [-0.3, -0.25) is 4.79 Å². The van der Waals surface area contributed by atoms with Crippen LogP contribution in [-0.2, 0) is 4.74 Å². The number of anilines is 1. The van der Waals surface area contributed by atoms with Crippen LogP contribution in [0, 0.1) is 0 Å². The van der Waals surface area contributed by atoms with E-state index in [1.54, 1.807) is 24.1 Å². The number of ether oxygens (including phenoxy) is 1. The van der Waals surface area contributed by atoms with Gasteiger partial charge in [0.05, 0.1) is 21.8 Å². The molecule has 2 N–H and O–H groups in total. The van der Waals surface area contributed by atoms with E-state index < -0.39 is 0 Å². The molecular weight excluding hydrogens is 275 g/mol. The molecule has 6 heteroatoms. The Hall–Kier alpha value is -0.970. The standard InChI is InChI=1S/C12H14Cl2N2O2/c1-18-8-2-3-16(6-8)12(17)7-4-9(13)11(14)10(15)5-7/h4-5,8H,2-3,6,15H2,1H3. The third-order valence-corrected chi connectivity index (χ3v) is 3.89. The molecule has 1 saturated heterocycles. The van der Waals surface area contributed by atoms with Crippen LogP contribution in [0.4, 0.5) is 5.69 Å². The van der Waals surface area contributed by atoms with E-state index in [0.29, 0.717) is 29.4 Å². The van der Waals surface area contributed by atoms with Crippen LogP contribution in [0.25, 0.3) is 0 Å². The molecule has 1 heterocycles. The molecule has 1 amide bonds. The van der Waals surface area contributed by atoms with Crippen molar-refractivity contribution in [2.45, 2.75) is 12.5 Å². The lowest BCUT2D eigenvalue weighted by Gasteiger charge is -2.17. The summed E-state index contributed by atoms with van der Waals surface area (Å²) in [7, 11) is 1.65. The van der Waals surface area contributed by atoms with Crippen LogP contribution in [0.2, 0.25) is 10.0 Å². The van der Waals surface area contributed by atoms with E-state index in [1.165, 1.54) is 0 Å². The molecule has 0 aliphatic carbocycles. The molecule has 4 nitrogen and oxygen atoms in total. The predicted octanol–water partition coefficient (Wildman–Crippen LogP) is 2.44. The summed E-state index contributed by atoms with van der Waals surface area (Å²) >= 11 is 11.8. The number of benzene rings is 1. The van der Waals surface area contributed by atoms with Crippen LogP contribution in [0.5, 0.6) is 0 Å². The van der Waals surface area contributed by atoms with Crippen LogP contribution in [-0.4, -0.2) is 37.1 Å². The normalized spacial score (nSPS) is 19.3. The average molecular weight is 289 g/mol. The molecule has 1 fully saturated rings. The summed E-state index contributed by atoms with van der Waals surface area (Å²) in [5, 5.41) is 0.576. The van der Waals surface area contributed by atoms with Crippen molar-refractivity contribution in [2.75, 3.05) is 25.9 Å². The van der Waals surface area contributed by atoms with E-state index in [2.05, 4.69) is 0 Å². The molecule has 0 spiro atoms. The van der Waals surface area contributed by atoms with Crippen LogP contribution in [0.1, 0.15) is 16.8 Å². The molecule has 18 heavy (non-hydrogen) atoms. The van der Waals surface area contributed by atoms with Crippen molar-refractivity contribution in [3.8, 4) is 0 Å². The molecule has 1 aliphatic rings. The lowest BCUT2D eigenvalue weighted by Crippen LogP contribution is -2.30. The van der Waals surface area contributed by atoms with Gasteiger partial charge in [0.15, 0.2) is 0 Å². The number of hydrogen-bond acceptors (Lipinski definition) is 3. The number of likely N-dealkylation sites (tertiary alicyclic amines) is 1. The van der Waals surface area contributed by atoms with Gasteiger partial charge in [-0.25, -0.2) is 0 Å². The Balaban J connectivity index is 2.19. The fourth-order valence-electron chi connectivity index (χ4n) is 2.02. The van der Waals surface area contributed by atoms with Gasteiger partial charge in [0.1, 0.15) is 0 Å². The van der Waals surface area contributed by atoms with E-state index in [-0.39, 0.29) is 17.0 Å². The van der Waals surface area contributed by atoms with Crippen LogP contribution < -0.4 is 5.73 Å². The second-order valence-electron chi connectivity index (χ2n) is 4.26. The van der Waals surface area contributed by atoms with Gasteiger partial charge >= 0.3 is 0 Å². The summed E-state index contributed by atoms with van der Waals surface area (Å²) in [4.78, 5) is 14.0. The summed E-state index contributed by atoms with van der Waals surface area (Å²) in [6.45, 7) is 1.27. The molecule has 0 saturated carbocycles. The van der Waals surface area contributed by atoms with Crippen molar-refractivity contribution in [2.24, 2.45) is 0 Å². The smallest absolute Gasteiger partial charge is 0.254 e. The Kier molecular flexibility index (Phi) is 4.00. The number of amides is 1.